The molecule has 1 aliphatic heterocycles. The van der Waals surface area contributed by atoms with Crippen LogP contribution in [-0.2, 0) is 16.0 Å². The first-order valence-electron chi connectivity index (χ1n) is 9.53. The van der Waals surface area contributed by atoms with Gasteiger partial charge < -0.3 is 29.2 Å². The van der Waals surface area contributed by atoms with Gasteiger partial charge in [0.1, 0.15) is 0 Å². The fourth-order valence-electron chi connectivity index (χ4n) is 3.16. The van der Waals surface area contributed by atoms with Gasteiger partial charge in [0.2, 0.25) is 0 Å². The van der Waals surface area contributed by atoms with E-state index < -0.39 is 0 Å². The Labute approximate surface area is 185 Å². The third kappa shape index (κ3) is 7.63. The van der Waals surface area contributed by atoms with E-state index in [9.17, 15) is 0 Å². The Hall–Kier alpha value is -1.26. The van der Waals surface area contributed by atoms with E-state index in [-0.39, 0.29) is 24.0 Å². The summed E-state index contributed by atoms with van der Waals surface area (Å²) in [6, 6.07) is 6.00. The molecule has 1 heterocycles. The summed E-state index contributed by atoms with van der Waals surface area (Å²) >= 11 is 0. The summed E-state index contributed by atoms with van der Waals surface area (Å²) in [6.45, 7) is 7.28. The lowest BCUT2D eigenvalue weighted by Gasteiger charge is -2.22. The molecule has 1 unspecified atom stereocenters. The van der Waals surface area contributed by atoms with Crippen molar-refractivity contribution in [3.05, 3.63) is 23.8 Å². The molecule has 1 fully saturated rings. The fraction of sp³-hybridized carbons (Fsp3) is 0.650. The van der Waals surface area contributed by atoms with Crippen molar-refractivity contribution >= 4 is 29.9 Å². The number of aliphatic imine (C=N–C) groups is 1. The number of hydrogen-bond acceptors (Lipinski definition) is 5. The second-order valence-electron chi connectivity index (χ2n) is 6.49. The van der Waals surface area contributed by atoms with Crippen molar-refractivity contribution in [3.8, 4) is 11.5 Å². The monoisotopic (exact) mass is 507 g/mol. The van der Waals surface area contributed by atoms with Crippen molar-refractivity contribution in [1.29, 1.82) is 0 Å². The molecule has 1 aromatic rings. The number of benzene rings is 1. The van der Waals surface area contributed by atoms with Gasteiger partial charge in [-0.05, 0) is 31.0 Å². The minimum Gasteiger partial charge on any atom is -0.493 e. The normalized spacial score (nSPS) is 16.6. The van der Waals surface area contributed by atoms with E-state index in [1.165, 1.54) is 0 Å². The second-order valence-corrected chi connectivity index (χ2v) is 6.49. The van der Waals surface area contributed by atoms with Crippen LogP contribution in [0.4, 0.5) is 0 Å². The lowest BCUT2D eigenvalue weighted by atomic mass is 10.1. The topological polar surface area (TPSA) is 64.6 Å². The largest absolute Gasteiger partial charge is 0.493 e. The third-order valence-electron chi connectivity index (χ3n) is 4.56. The van der Waals surface area contributed by atoms with Crippen molar-refractivity contribution in [3.63, 3.8) is 0 Å². The summed E-state index contributed by atoms with van der Waals surface area (Å²) in [4.78, 5) is 6.72. The lowest BCUT2D eigenvalue weighted by molar-refractivity contribution is 0.0536. The summed E-state index contributed by atoms with van der Waals surface area (Å²) in [7, 11) is 5.17. The molecule has 1 aromatic carbocycles. The Morgan fingerprint density at radius 2 is 2.07 bits per heavy atom. The Balaban J connectivity index is 0.00000392. The minimum absolute atomic E-state index is 0. The highest BCUT2D eigenvalue weighted by Crippen LogP contribution is 2.28. The van der Waals surface area contributed by atoms with E-state index in [4.69, 9.17) is 18.9 Å². The van der Waals surface area contributed by atoms with E-state index in [2.05, 4.69) is 15.2 Å². The van der Waals surface area contributed by atoms with Crippen molar-refractivity contribution in [1.82, 2.24) is 10.2 Å². The van der Waals surface area contributed by atoms with Crippen molar-refractivity contribution < 1.29 is 18.9 Å². The van der Waals surface area contributed by atoms with Crippen LogP contribution in [0.15, 0.2) is 23.2 Å². The molecule has 0 amide bonds. The first-order valence-corrected chi connectivity index (χ1v) is 9.53. The summed E-state index contributed by atoms with van der Waals surface area (Å²) < 4.78 is 21.7. The zero-order valence-electron chi connectivity index (χ0n) is 17.4. The highest BCUT2D eigenvalue weighted by atomic mass is 127. The van der Waals surface area contributed by atoms with Crippen molar-refractivity contribution in [2.75, 3.05) is 60.8 Å². The maximum Gasteiger partial charge on any atom is 0.193 e. The number of likely N-dealkylation sites (tertiary alicyclic amines) is 1. The molecule has 0 aromatic heterocycles. The molecule has 0 bridgehead atoms. The van der Waals surface area contributed by atoms with Gasteiger partial charge in [-0.3, -0.25) is 4.99 Å². The first-order chi connectivity index (χ1) is 13.2. The van der Waals surface area contributed by atoms with Crippen LogP contribution in [0.1, 0.15) is 18.9 Å². The third-order valence-corrected chi connectivity index (χ3v) is 4.56. The van der Waals surface area contributed by atoms with Gasteiger partial charge in [0.05, 0.1) is 33.5 Å². The van der Waals surface area contributed by atoms with Gasteiger partial charge in [-0.15, -0.1) is 24.0 Å². The van der Waals surface area contributed by atoms with Crippen LogP contribution in [0.25, 0.3) is 0 Å². The van der Waals surface area contributed by atoms with Gasteiger partial charge in [-0.25, -0.2) is 0 Å². The zero-order chi connectivity index (χ0) is 19.5. The van der Waals surface area contributed by atoms with Gasteiger partial charge >= 0.3 is 0 Å². The number of guanidine groups is 1. The average Bonchev–Trinajstić information content (AvgIpc) is 3.15. The molecule has 0 spiro atoms. The predicted molar refractivity (Wildman–Crippen MR) is 122 cm³/mol. The smallest absolute Gasteiger partial charge is 0.193 e. The number of methoxy groups -OCH3 is 2. The molecule has 8 heteroatoms. The van der Waals surface area contributed by atoms with E-state index in [1.54, 1.807) is 14.2 Å². The van der Waals surface area contributed by atoms with E-state index in [0.717, 1.165) is 49.1 Å². The van der Waals surface area contributed by atoms with Crippen LogP contribution in [0, 0.1) is 5.92 Å². The Kier molecular flexibility index (Phi) is 12.2. The number of rotatable bonds is 10. The predicted octanol–water partition coefficient (Wildman–Crippen LogP) is 2.77. The Morgan fingerprint density at radius 1 is 1.25 bits per heavy atom. The van der Waals surface area contributed by atoms with E-state index in [1.807, 2.05) is 32.2 Å². The molecule has 160 valence electrons. The molecule has 0 saturated carbocycles. The molecule has 0 radical (unpaired) electrons. The quantitative estimate of drug-likeness (QED) is 0.228. The van der Waals surface area contributed by atoms with Gasteiger partial charge in [-0.1, -0.05) is 6.07 Å². The van der Waals surface area contributed by atoms with Gasteiger partial charge in [0.25, 0.3) is 0 Å². The molecular formula is C20H34IN3O4. The standard InChI is InChI=1S/C20H33N3O4.HI/c1-5-27-18-7-6-16(12-19(18)25-4)13-22-20(21-2)23-9-8-17(14-23)15-26-11-10-24-3;/h6-7,12,17H,5,8-11,13-15H2,1-4H3,(H,21,22);1H. The van der Waals surface area contributed by atoms with Gasteiger partial charge in [0, 0.05) is 39.7 Å². The molecule has 1 N–H and O–H groups in total. The highest BCUT2D eigenvalue weighted by Gasteiger charge is 2.24. The summed E-state index contributed by atoms with van der Waals surface area (Å²) in [6.07, 6.45) is 1.12. The Morgan fingerprint density at radius 3 is 2.75 bits per heavy atom. The average molecular weight is 507 g/mol. The van der Waals surface area contributed by atoms with Crippen LogP contribution in [0.3, 0.4) is 0 Å². The molecule has 7 nitrogen and oxygen atoms in total. The van der Waals surface area contributed by atoms with Crippen molar-refractivity contribution in [2.45, 2.75) is 19.9 Å². The highest BCUT2D eigenvalue weighted by molar-refractivity contribution is 14.0. The number of halogens is 1. The van der Waals surface area contributed by atoms with E-state index >= 15 is 0 Å². The molecule has 1 saturated heterocycles. The number of nitrogens with zero attached hydrogens (tertiary/aromatic N) is 2. The van der Waals surface area contributed by atoms with Crippen LogP contribution < -0.4 is 14.8 Å². The summed E-state index contributed by atoms with van der Waals surface area (Å²) in [5.74, 6) is 2.97. The van der Waals surface area contributed by atoms with Crippen LogP contribution in [0.2, 0.25) is 0 Å². The Bertz CT molecular complexity index is 601. The maximum absolute atomic E-state index is 5.67. The first kappa shape index (κ1) is 24.8. The lowest BCUT2D eigenvalue weighted by Crippen LogP contribution is -2.39. The van der Waals surface area contributed by atoms with Crippen LogP contribution in [0.5, 0.6) is 11.5 Å². The zero-order valence-corrected chi connectivity index (χ0v) is 19.7. The van der Waals surface area contributed by atoms with Crippen LogP contribution >= 0.6 is 24.0 Å². The minimum atomic E-state index is 0. The number of ether oxygens (including phenoxy) is 4. The van der Waals surface area contributed by atoms with Gasteiger partial charge in [0.15, 0.2) is 17.5 Å². The summed E-state index contributed by atoms with van der Waals surface area (Å²) in [5.41, 5.74) is 1.12. The number of hydrogen-bond donors (Lipinski definition) is 1. The molecule has 28 heavy (non-hydrogen) atoms. The van der Waals surface area contributed by atoms with Crippen LogP contribution in [-0.4, -0.2) is 71.6 Å². The molecule has 0 aliphatic carbocycles. The summed E-state index contributed by atoms with van der Waals surface area (Å²) in [5, 5.41) is 3.45. The molecule has 2 rings (SSSR count). The second kappa shape index (κ2) is 13.8. The van der Waals surface area contributed by atoms with E-state index in [0.29, 0.717) is 32.3 Å². The molecule has 1 atom stereocenters. The molecular weight excluding hydrogens is 473 g/mol. The van der Waals surface area contributed by atoms with Crippen molar-refractivity contribution in [2.24, 2.45) is 10.9 Å². The fourth-order valence-corrected chi connectivity index (χ4v) is 3.16. The number of nitrogens with one attached hydrogen (secondary N) is 1. The maximum atomic E-state index is 5.67. The molecule has 1 aliphatic rings. The SMILES string of the molecule is CCOc1ccc(CNC(=NC)N2CCC(COCCOC)C2)cc1OC.I. The van der Waals surface area contributed by atoms with Gasteiger partial charge in [-0.2, -0.15) is 0 Å².